The summed E-state index contributed by atoms with van der Waals surface area (Å²) in [4.78, 5) is 30.6. The highest BCUT2D eigenvalue weighted by Gasteiger charge is 2.24. The summed E-state index contributed by atoms with van der Waals surface area (Å²) in [7, 11) is 2.16. The summed E-state index contributed by atoms with van der Waals surface area (Å²) >= 11 is 0. The second-order valence-electron chi connectivity index (χ2n) is 8.58. The van der Waals surface area contributed by atoms with Gasteiger partial charge in [0.25, 0.3) is 0 Å². The molecule has 7 nitrogen and oxygen atoms in total. The number of piperazine rings is 2. The first-order valence-corrected chi connectivity index (χ1v) is 11.0. The molecule has 4 rings (SSSR count). The minimum atomic E-state index is 0.340. The summed E-state index contributed by atoms with van der Waals surface area (Å²) in [5.41, 5.74) is 0. The van der Waals surface area contributed by atoms with Crippen LogP contribution < -0.4 is 9.80 Å². The van der Waals surface area contributed by atoms with Crippen molar-refractivity contribution in [1.82, 2.24) is 19.8 Å². The van der Waals surface area contributed by atoms with E-state index in [-0.39, 0.29) is 0 Å². The van der Waals surface area contributed by atoms with Crippen molar-refractivity contribution >= 4 is 17.5 Å². The molecule has 1 amide bonds. The number of amides is 1. The molecule has 1 aromatic rings. The average molecular weight is 387 g/mol. The van der Waals surface area contributed by atoms with Crippen LogP contribution in [0, 0.1) is 5.92 Å². The Hall–Kier alpha value is -1.89. The van der Waals surface area contributed by atoms with E-state index in [1.165, 1.54) is 25.7 Å². The Bertz CT molecular complexity index is 646. The molecule has 0 radical (unpaired) electrons. The lowest BCUT2D eigenvalue weighted by molar-refractivity contribution is -0.131. The SMILES string of the molecule is CN1CCN(c2cc(N3CCN(C(=O)CCC4CCCC4)CC3)ncn2)CC1. The molecule has 1 aliphatic carbocycles. The van der Waals surface area contributed by atoms with Crippen LogP contribution in [0.3, 0.4) is 0 Å². The summed E-state index contributed by atoms with van der Waals surface area (Å²) in [5, 5.41) is 0. The highest BCUT2D eigenvalue weighted by molar-refractivity contribution is 5.76. The quantitative estimate of drug-likeness (QED) is 0.770. The van der Waals surface area contributed by atoms with Crippen molar-refractivity contribution in [3.63, 3.8) is 0 Å². The van der Waals surface area contributed by atoms with Crippen LogP contribution in [-0.2, 0) is 4.79 Å². The van der Waals surface area contributed by atoms with E-state index in [1.54, 1.807) is 6.33 Å². The third-order valence-electron chi connectivity index (χ3n) is 6.66. The molecule has 0 aromatic carbocycles. The van der Waals surface area contributed by atoms with Gasteiger partial charge in [-0.2, -0.15) is 0 Å². The van der Waals surface area contributed by atoms with Gasteiger partial charge >= 0.3 is 0 Å². The predicted octanol–water partition coefficient (Wildman–Crippen LogP) is 1.85. The van der Waals surface area contributed by atoms with Gasteiger partial charge in [0.1, 0.15) is 18.0 Å². The van der Waals surface area contributed by atoms with E-state index >= 15 is 0 Å². The molecule has 1 saturated carbocycles. The number of aromatic nitrogens is 2. The summed E-state index contributed by atoms with van der Waals surface area (Å²) in [6, 6.07) is 2.11. The topological polar surface area (TPSA) is 55.8 Å². The van der Waals surface area contributed by atoms with Gasteiger partial charge in [-0.25, -0.2) is 9.97 Å². The number of hydrogen-bond acceptors (Lipinski definition) is 6. The lowest BCUT2D eigenvalue weighted by Crippen LogP contribution is -2.49. The van der Waals surface area contributed by atoms with Gasteiger partial charge in [-0.15, -0.1) is 0 Å². The smallest absolute Gasteiger partial charge is 0.222 e. The van der Waals surface area contributed by atoms with E-state index < -0.39 is 0 Å². The molecule has 3 aliphatic rings. The Labute approximate surface area is 168 Å². The van der Waals surface area contributed by atoms with Gasteiger partial charge in [-0.1, -0.05) is 25.7 Å². The second-order valence-corrected chi connectivity index (χ2v) is 8.58. The van der Waals surface area contributed by atoms with Gasteiger partial charge in [0.05, 0.1) is 0 Å². The molecular formula is C21H34N6O. The van der Waals surface area contributed by atoms with Gasteiger partial charge in [-0.3, -0.25) is 4.79 Å². The molecule has 3 heterocycles. The van der Waals surface area contributed by atoms with Crippen molar-refractivity contribution in [3.05, 3.63) is 12.4 Å². The summed E-state index contributed by atoms with van der Waals surface area (Å²) in [6.07, 6.45) is 8.85. The molecule has 0 N–H and O–H groups in total. The van der Waals surface area contributed by atoms with Crippen LogP contribution in [0.25, 0.3) is 0 Å². The van der Waals surface area contributed by atoms with Crippen molar-refractivity contribution in [2.75, 3.05) is 69.2 Å². The highest BCUT2D eigenvalue weighted by atomic mass is 16.2. The van der Waals surface area contributed by atoms with Gasteiger partial charge in [0.2, 0.25) is 5.91 Å². The molecule has 0 spiro atoms. The Morgan fingerprint density at radius 1 is 0.929 bits per heavy atom. The fourth-order valence-corrected chi connectivity index (χ4v) is 4.69. The highest BCUT2D eigenvalue weighted by Crippen LogP contribution is 2.29. The zero-order valence-electron chi connectivity index (χ0n) is 17.2. The Balaban J connectivity index is 1.27. The first-order valence-electron chi connectivity index (χ1n) is 11.0. The minimum absolute atomic E-state index is 0.340. The molecular weight excluding hydrogens is 352 g/mol. The Morgan fingerprint density at radius 3 is 2.11 bits per heavy atom. The van der Waals surface area contributed by atoms with E-state index in [0.29, 0.717) is 5.91 Å². The standard InChI is InChI=1S/C21H34N6O/c1-24-8-10-25(11-9-24)19-16-20(23-17-22-19)26-12-14-27(15-13-26)21(28)7-6-18-4-2-3-5-18/h16-18H,2-15H2,1H3. The molecule has 7 heteroatoms. The van der Waals surface area contributed by atoms with Crippen LogP contribution in [0.4, 0.5) is 11.6 Å². The molecule has 2 saturated heterocycles. The third kappa shape index (κ3) is 4.74. The maximum absolute atomic E-state index is 12.6. The van der Waals surface area contributed by atoms with Gasteiger partial charge in [-0.05, 0) is 19.4 Å². The van der Waals surface area contributed by atoms with Crippen LogP contribution >= 0.6 is 0 Å². The van der Waals surface area contributed by atoms with Crippen LogP contribution in [0.2, 0.25) is 0 Å². The molecule has 0 bridgehead atoms. The van der Waals surface area contributed by atoms with E-state index in [4.69, 9.17) is 0 Å². The molecule has 28 heavy (non-hydrogen) atoms. The first-order chi connectivity index (χ1) is 13.7. The number of carbonyl (C=O) groups is 1. The van der Waals surface area contributed by atoms with Crippen molar-refractivity contribution in [2.45, 2.75) is 38.5 Å². The van der Waals surface area contributed by atoms with E-state index in [2.05, 4.69) is 37.8 Å². The molecule has 154 valence electrons. The van der Waals surface area contributed by atoms with Crippen molar-refractivity contribution in [1.29, 1.82) is 0 Å². The lowest BCUT2D eigenvalue weighted by atomic mass is 10.0. The monoisotopic (exact) mass is 386 g/mol. The normalized spacial score (nSPS) is 22.1. The number of likely N-dealkylation sites (N-methyl/N-ethyl adjacent to an activating group) is 1. The maximum Gasteiger partial charge on any atom is 0.222 e. The van der Waals surface area contributed by atoms with E-state index in [9.17, 15) is 4.79 Å². The lowest BCUT2D eigenvalue weighted by Gasteiger charge is -2.36. The summed E-state index contributed by atoms with van der Waals surface area (Å²) < 4.78 is 0. The molecule has 2 aliphatic heterocycles. The van der Waals surface area contributed by atoms with Crippen LogP contribution in [-0.4, -0.2) is 85.1 Å². The van der Waals surface area contributed by atoms with Gasteiger partial charge < -0.3 is 19.6 Å². The number of carbonyl (C=O) groups excluding carboxylic acids is 1. The fourth-order valence-electron chi connectivity index (χ4n) is 4.69. The average Bonchev–Trinajstić information content (AvgIpc) is 3.26. The summed E-state index contributed by atoms with van der Waals surface area (Å²) in [5.74, 6) is 3.14. The third-order valence-corrected chi connectivity index (χ3v) is 6.66. The van der Waals surface area contributed by atoms with Crippen molar-refractivity contribution < 1.29 is 4.79 Å². The number of anilines is 2. The Morgan fingerprint density at radius 2 is 1.50 bits per heavy atom. The fraction of sp³-hybridized carbons (Fsp3) is 0.762. The minimum Gasteiger partial charge on any atom is -0.354 e. The number of hydrogen-bond donors (Lipinski definition) is 0. The zero-order chi connectivity index (χ0) is 19.3. The van der Waals surface area contributed by atoms with E-state index in [0.717, 1.165) is 82.8 Å². The predicted molar refractivity (Wildman–Crippen MR) is 112 cm³/mol. The number of nitrogens with zero attached hydrogens (tertiary/aromatic N) is 6. The maximum atomic E-state index is 12.6. The van der Waals surface area contributed by atoms with Gasteiger partial charge in [0, 0.05) is 64.8 Å². The first kappa shape index (κ1) is 19.4. The summed E-state index contributed by atoms with van der Waals surface area (Å²) in [6.45, 7) is 7.48. The van der Waals surface area contributed by atoms with Crippen molar-refractivity contribution in [2.24, 2.45) is 5.92 Å². The Kier molecular flexibility index (Phi) is 6.29. The molecule has 0 unspecified atom stereocenters. The second kappa shape index (κ2) is 9.07. The van der Waals surface area contributed by atoms with E-state index in [1.807, 2.05) is 4.90 Å². The molecule has 1 aromatic heterocycles. The number of rotatable bonds is 5. The molecule has 3 fully saturated rings. The molecule has 0 atom stereocenters. The van der Waals surface area contributed by atoms with Gasteiger partial charge in [0.15, 0.2) is 0 Å². The largest absolute Gasteiger partial charge is 0.354 e. The van der Waals surface area contributed by atoms with Crippen LogP contribution in [0.5, 0.6) is 0 Å². The van der Waals surface area contributed by atoms with Crippen LogP contribution in [0.15, 0.2) is 12.4 Å². The zero-order valence-corrected chi connectivity index (χ0v) is 17.2. The van der Waals surface area contributed by atoms with Crippen molar-refractivity contribution in [3.8, 4) is 0 Å². The van der Waals surface area contributed by atoms with Crippen LogP contribution in [0.1, 0.15) is 38.5 Å².